The Bertz CT molecular complexity index is 772. The number of benzene rings is 1. The van der Waals surface area contributed by atoms with Crippen LogP contribution in [0.15, 0.2) is 46.4 Å². The van der Waals surface area contributed by atoms with Gasteiger partial charge in [0, 0.05) is 38.9 Å². The summed E-state index contributed by atoms with van der Waals surface area (Å²) < 4.78 is 1.12. The van der Waals surface area contributed by atoms with Crippen molar-refractivity contribution in [2.75, 3.05) is 11.9 Å². The lowest BCUT2D eigenvalue weighted by atomic mass is 10.1. The molecule has 3 rings (SSSR count). The number of hydrogen-bond acceptors (Lipinski definition) is 4. The third-order valence-corrected chi connectivity index (χ3v) is 5.09. The summed E-state index contributed by atoms with van der Waals surface area (Å²) in [5.74, 6) is 0.937. The summed E-state index contributed by atoms with van der Waals surface area (Å²) in [5, 5.41) is 13.7. The van der Waals surface area contributed by atoms with Gasteiger partial charge >= 0.3 is 0 Å². The number of aliphatic hydroxyl groups excluding tert-OH is 1. The van der Waals surface area contributed by atoms with E-state index in [1.165, 1.54) is 4.88 Å². The Balaban J connectivity index is 2.00. The number of nitrogens with zero attached hydrogens (tertiary/aromatic N) is 2. The van der Waals surface area contributed by atoms with Crippen molar-refractivity contribution in [3.63, 3.8) is 0 Å². The van der Waals surface area contributed by atoms with Gasteiger partial charge in [0.2, 0.25) is 0 Å². The molecule has 0 spiro atoms. The molecular weight excluding hydrogens is 348 g/mol. The van der Waals surface area contributed by atoms with E-state index in [-0.39, 0.29) is 6.61 Å². The molecule has 2 heterocycles. The van der Waals surface area contributed by atoms with E-state index >= 15 is 0 Å². The van der Waals surface area contributed by atoms with Gasteiger partial charge in [-0.25, -0.2) is 4.98 Å². The molecule has 0 saturated carbocycles. The molecule has 1 aromatic carbocycles. The van der Waals surface area contributed by atoms with Crippen LogP contribution in [0, 0.1) is 0 Å². The van der Waals surface area contributed by atoms with Crippen LogP contribution in [0.4, 0.5) is 5.82 Å². The van der Waals surface area contributed by atoms with E-state index in [0.717, 1.165) is 33.2 Å². The fourth-order valence-electron chi connectivity index (χ4n) is 2.41. The first-order chi connectivity index (χ1) is 10.2. The normalized spacial score (nSPS) is 11.0. The highest BCUT2D eigenvalue weighted by Gasteiger charge is 2.11. The summed E-state index contributed by atoms with van der Waals surface area (Å²) in [7, 11) is 2.04. The van der Waals surface area contributed by atoms with Gasteiger partial charge in [0.05, 0.1) is 13.2 Å². The van der Waals surface area contributed by atoms with Gasteiger partial charge in [-0.2, -0.15) is 0 Å². The van der Waals surface area contributed by atoms with Crippen LogP contribution in [-0.2, 0) is 13.2 Å². The van der Waals surface area contributed by atoms with Crippen molar-refractivity contribution in [1.29, 1.82) is 0 Å². The first-order valence-electron chi connectivity index (χ1n) is 6.60. The maximum Gasteiger partial charge on any atom is 0.136 e. The van der Waals surface area contributed by atoms with E-state index < -0.39 is 0 Å². The lowest BCUT2D eigenvalue weighted by Gasteiger charge is -2.20. The molecule has 1 N–H and O–H groups in total. The van der Waals surface area contributed by atoms with Crippen LogP contribution in [0.2, 0.25) is 0 Å². The fourth-order valence-corrected chi connectivity index (χ4v) is 3.92. The molecule has 0 saturated heterocycles. The van der Waals surface area contributed by atoms with Gasteiger partial charge in [0.15, 0.2) is 0 Å². The highest BCUT2D eigenvalue weighted by atomic mass is 79.9. The zero-order valence-corrected chi connectivity index (χ0v) is 14.0. The maximum atomic E-state index is 9.45. The second-order valence-corrected chi connectivity index (χ2v) is 6.81. The zero-order chi connectivity index (χ0) is 14.8. The molecule has 0 unspecified atom stereocenters. The SMILES string of the molecule is CN(Cc1cc(Br)cs1)c1ncc(CO)c2ccccc12. The molecule has 0 radical (unpaired) electrons. The minimum atomic E-state index is 0.00930. The lowest BCUT2D eigenvalue weighted by molar-refractivity contribution is 0.283. The van der Waals surface area contributed by atoms with Crippen LogP contribution >= 0.6 is 27.3 Å². The number of pyridine rings is 1. The largest absolute Gasteiger partial charge is 0.392 e. The average Bonchev–Trinajstić information content (AvgIpc) is 2.91. The fraction of sp³-hybridized carbons (Fsp3) is 0.188. The van der Waals surface area contributed by atoms with Crippen LogP contribution < -0.4 is 4.90 Å². The number of aliphatic hydroxyl groups is 1. The van der Waals surface area contributed by atoms with Crippen LogP contribution in [0.3, 0.4) is 0 Å². The van der Waals surface area contributed by atoms with E-state index in [4.69, 9.17) is 0 Å². The van der Waals surface area contributed by atoms with Crippen molar-refractivity contribution in [1.82, 2.24) is 4.98 Å². The highest BCUT2D eigenvalue weighted by molar-refractivity contribution is 9.10. The highest BCUT2D eigenvalue weighted by Crippen LogP contribution is 2.29. The summed E-state index contributed by atoms with van der Waals surface area (Å²) in [6.45, 7) is 0.821. The summed E-state index contributed by atoms with van der Waals surface area (Å²) in [4.78, 5) is 7.96. The summed E-state index contributed by atoms with van der Waals surface area (Å²) in [5.41, 5.74) is 0.863. The Morgan fingerprint density at radius 1 is 1.29 bits per heavy atom. The Morgan fingerprint density at radius 3 is 2.71 bits per heavy atom. The Kier molecular flexibility index (Phi) is 4.24. The molecule has 3 nitrogen and oxygen atoms in total. The number of rotatable bonds is 4. The van der Waals surface area contributed by atoms with Gasteiger partial charge in [0.25, 0.3) is 0 Å². The smallest absolute Gasteiger partial charge is 0.136 e. The molecule has 0 bridgehead atoms. The van der Waals surface area contributed by atoms with E-state index in [2.05, 4.69) is 43.3 Å². The Morgan fingerprint density at radius 2 is 2.05 bits per heavy atom. The van der Waals surface area contributed by atoms with Gasteiger partial charge in [-0.1, -0.05) is 24.3 Å². The minimum absolute atomic E-state index is 0.00930. The van der Waals surface area contributed by atoms with Gasteiger partial charge in [-0.3, -0.25) is 0 Å². The summed E-state index contributed by atoms with van der Waals surface area (Å²) in [6, 6.07) is 10.2. The lowest BCUT2D eigenvalue weighted by Crippen LogP contribution is -2.17. The Hall–Kier alpha value is -1.43. The van der Waals surface area contributed by atoms with Crippen molar-refractivity contribution in [3.8, 4) is 0 Å². The van der Waals surface area contributed by atoms with Crippen molar-refractivity contribution in [2.45, 2.75) is 13.2 Å². The number of hydrogen-bond donors (Lipinski definition) is 1. The first-order valence-corrected chi connectivity index (χ1v) is 8.28. The molecule has 0 aliphatic rings. The molecule has 0 aliphatic carbocycles. The van der Waals surface area contributed by atoms with Crippen molar-refractivity contribution >= 4 is 43.9 Å². The standard InChI is InChI=1S/C16H15BrN2OS/c1-19(8-13-6-12(17)10-21-13)16-15-5-3-2-4-14(15)11(9-20)7-18-16/h2-7,10,20H,8-9H2,1H3. The van der Waals surface area contributed by atoms with Gasteiger partial charge in [0.1, 0.15) is 5.82 Å². The molecule has 2 aromatic heterocycles. The average molecular weight is 363 g/mol. The second kappa shape index (κ2) is 6.13. The van der Waals surface area contributed by atoms with E-state index in [0.29, 0.717) is 0 Å². The maximum absolute atomic E-state index is 9.45. The molecule has 0 aliphatic heterocycles. The van der Waals surface area contributed by atoms with Gasteiger partial charge in [-0.15, -0.1) is 11.3 Å². The van der Waals surface area contributed by atoms with Crippen molar-refractivity contribution in [2.24, 2.45) is 0 Å². The minimum Gasteiger partial charge on any atom is -0.392 e. The van der Waals surface area contributed by atoms with E-state index in [9.17, 15) is 5.11 Å². The molecule has 0 atom stereocenters. The third-order valence-electron chi connectivity index (χ3n) is 3.40. The van der Waals surface area contributed by atoms with Crippen LogP contribution in [-0.4, -0.2) is 17.1 Å². The topological polar surface area (TPSA) is 36.4 Å². The van der Waals surface area contributed by atoms with Crippen LogP contribution in [0.25, 0.3) is 10.8 Å². The van der Waals surface area contributed by atoms with E-state index in [1.54, 1.807) is 17.5 Å². The number of fused-ring (bicyclic) bond motifs is 1. The molecule has 0 fully saturated rings. The first kappa shape index (κ1) is 14.5. The predicted molar refractivity (Wildman–Crippen MR) is 91.8 cm³/mol. The summed E-state index contributed by atoms with van der Waals surface area (Å²) >= 11 is 5.21. The quantitative estimate of drug-likeness (QED) is 0.755. The van der Waals surface area contributed by atoms with Crippen molar-refractivity contribution in [3.05, 3.63) is 56.8 Å². The van der Waals surface area contributed by atoms with Gasteiger partial charge < -0.3 is 10.0 Å². The Labute approximate surface area is 136 Å². The third kappa shape index (κ3) is 2.95. The number of anilines is 1. The van der Waals surface area contributed by atoms with Crippen molar-refractivity contribution < 1.29 is 5.11 Å². The van der Waals surface area contributed by atoms with E-state index in [1.807, 2.05) is 25.2 Å². The zero-order valence-electron chi connectivity index (χ0n) is 11.6. The second-order valence-electron chi connectivity index (χ2n) is 4.90. The molecule has 0 amide bonds. The molecule has 3 aromatic rings. The van der Waals surface area contributed by atoms with Gasteiger partial charge in [-0.05, 0) is 27.4 Å². The molecule has 5 heteroatoms. The summed E-state index contributed by atoms with van der Waals surface area (Å²) in [6.07, 6.45) is 1.76. The number of thiophene rings is 1. The monoisotopic (exact) mass is 362 g/mol. The molecule has 21 heavy (non-hydrogen) atoms. The van der Waals surface area contributed by atoms with Crippen LogP contribution in [0.1, 0.15) is 10.4 Å². The van der Waals surface area contributed by atoms with Crippen LogP contribution in [0.5, 0.6) is 0 Å². The number of aromatic nitrogens is 1. The molecular formula is C16H15BrN2OS. The predicted octanol–water partition coefficient (Wildman–Crippen LogP) is 4.19. The number of halogens is 1. The molecule has 108 valence electrons.